The molecule has 0 aromatic carbocycles. The van der Waals surface area contributed by atoms with Crippen LogP contribution in [-0.4, -0.2) is 51.5 Å². The van der Waals surface area contributed by atoms with Gasteiger partial charge in [0.1, 0.15) is 0 Å². The van der Waals surface area contributed by atoms with Gasteiger partial charge in [-0.2, -0.15) is 4.98 Å². The first-order valence-corrected chi connectivity index (χ1v) is 7.98. The number of carbonyl (C=O) groups is 1. The third-order valence-electron chi connectivity index (χ3n) is 4.47. The fourth-order valence-corrected chi connectivity index (χ4v) is 3.20. The molecule has 0 aliphatic carbocycles. The lowest BCUT2D eigenvalue weighted by atomic mass is 10.0. The van der Waals surface area contributed by atoms with Crippen LogP contribution in [0.1, 0.15) is 57.2 Å². The van der Waals surface area contributed by atoms with Crippen LogP contribution in [0.5, 0.6) is 0 Å². The number of likely N-dealkylation sites (tertiary alicyclic amines) is 2. The van der Waals surface area contributed by atoms with Gasteiger partial charge < -0.3 is 9.42 Å². The molecule has 0 atom stereocenters. The Morgan fingerprint density at radius 3 is 2.62 bits per heavy atom. The predicted octanol–water partition coefficient (Wildman–Crippen LogP) is 1.78. The van der Waals surface area contributed by atoms with Crippen molar-refractivity contribution in [2.45, 2.75) is 58.0 Å². The topological polar surface area (TPSA) is 62.5 Å². The Hall–Kier alpha value is -1.43. The van der Waals surface area contributed by atoms with Crippen molar-refractivity contribution in [2.75, 3.05) is 19.6 Å². The molecular formula is C15H24N4O2. The number of hydrogen-bond donors (Lipinski definition) is 0. The van der Waals surface area contributed by atoms with Crippen LogP contribution >= 0.6 is 0 Å². The average molecular weight is 292 g/mol. The largest absolute Gasteiger partial charge is 0.340 e. The molecule has 0 radical (unpaired) electrons. The predicted molar refractivity (Wildman–Crippen MR) is 77.6 cm³/mol. The zero-order chi connectivity index (χ0) is 14.8. The second kappa shape index (κ2) is 6.13. The van der Waals surface area contributed by atoms with E-state index < -0.39 is 0 Å². The van der Waals surface area contributed by atoms with Crippen LogP contribution in [0.25, 0.3) is 0 Å². The molecule has 2 fully saturated rings. The van der Waals surface area contributed by atoms with E-state index in [-0.39, 0.29) is 0 Å². The maximum Gasteiger partial charge on any atom is 0.240 e. The summed E-state index contributed by atoms with van der Waals surface area (Å²) in [5.74, 6) is 2.12. The van der Waals surface area contributed by atoms with Gasteiger partial charge in [-0.1, -0.05) is 19.0 Å². The molecule has 6 heteroatoms. The van der Waals surface area contributed by atoms with Crippen molar-refractivity contribution in [3.63, 3.8) is 0 Å². The van der Waals surface area contributed by atoms with E-state index in [4.69, 9.17) is 4.52 Å². The molecule has 0 spiro atoms. The highest BCUT2D eigenvalue weighted by molar-refractivity contribution is 5.78. The maximum absolute atomic E-state index is 11.8. The van der Waals surface area contributed by atoms with Gasteiger partial charge in [-0.05, 0) is 19.3 Å². The summed E-state index contributed by atoms with van der Waals surface area (Å²) in [6, 6.07) is 0.435. The van der Waals surface area contributed by atoms with Crippen LogP contribution in [0.3, 0.4) is 0 Å². The lowest BCUT2D eigenvalue weighted by Gasteiger charge is -2.36. The van der Waals surface area contributed by atoms with Crippen LogP contribution in [0.2, 0.25) is 0 Å². The molecule has 0 bridgehead atoms. The molecular weight excluding hydrogens is 268 g/mol. The number of hydrogen-bond acceptors (Lipinski definition) is 5. The van der Waals surface area contributed by atoms with Crippen LogP contribution in [0, 0.1) is 0 Å². The van der Waals surface area contributed by atoms with Crippen molar-refractivity contribution in [1.29, 1.82) is 0 Å². The molecule has 0 unspecified atom stereocenters. The zero-order valence-corrected chi connectivity index (χ0v) is 12.9. The molecule has 0 N–H and O–H groups in total. The van der Waals surface area contributed by atoms with Gasteiger partial charge in [0.2, 0.25) is 11.8 Å². The minimum Gasteiger partial charge on any atom is -0.340 e. The summed E-state index contributed by atoms with van der Waals surface area (Å²) in [6.45, 7) is 7.79. The molecule has 0 saturated carbocycles. The van der Waals surface area contributed by atoms with Crippen molar-refractivity contribution >= 4 is 5.91 Å². The number of carbonyl (C=O) groups excluding carboxylic acids is 1. The van der Waals surface area contributed by atoms with E-state index in [0.717, 1.165) is 57.7 Å². The van der Waals surface area contributed by atoms with Gasteiger partial charge in [0.15, 0.2) is 5.82 Å². The quantitative estimate of drug-likeness (QED) is 0.846. The normalized spacial score (nSPS) is 21.7. The lowest BCUT2D eigenvalue weighted by Crippen LogP contribution is -2.45. The second-order valence-corrected chi connectivity index (χ2v) is 6.40. The highest BCUT2D eigenvalue weighted by Gasteiger charge is 2.31. The standard InChI is InChI=1S/C15H24N4O2/c1-11(2)15-16-13(21-17-15)10-18-8-5-12(6-9-18)19-7-3-4-14(19)20/h11-12H,3-10H2,1-2H3. The van der Waals surface area contributed by atoms with E-state index in [2.05, 4.69) is 33.8 Å². The zero-order valence-electron chi connectivity index (χ0n) is 12.9. The van der Waals surface area contributed by atoms with E-state index in [0.29, 0.717) is 23.8 Å². The molecule has 1 aromatic rings. The van der Waals surface area contributed by atoms with Crippen LogP contribution < -0.4 is 0 Å². The summed E-state index contributed by atoms with van der Waals surface area (Å²) in [5, 5.41) is 4.00. The van der Waals surface area contributed by atoms with Gasteiger partial charge in [-0.3, -0.25) is 9.69 Å². The molecule has 3 heterocycles. The first kappa shape index (κ1) is 14.5. The van der Waals surface area contributed by atoms with Gasteiger partial charge in [0.05, 0.1) is 6.54 Å². The van der Waals surface area contributed by atoms with E-state index >= 15 is 0 Å². The smallest absolute Gasteiger partial charge is 0.240 e. The Morgan fingerprint density at radius 2 is 2.05 bits per heavy atom. The van der Waals surface area contributed by atoms with E-state index in [1.165, 1.54) is 0 Å². The minimum atomic E-state index is 0.300. The second-order valence-electron chi connectivity index (χ2n) is 6.40. The fourth-order valence-electron chi connectivity index (χ4n) is 3.20. The van der Waals surface area contributed by atoms with Gasteiger partial charge in [0.25, 0.3) is 0 Å². The number of rotatable bonds is 4. The number of amides is 1. The summed E-state index contributed by atoms with van der Waals surface area (Å²) in [4.78, 5) is 20.6. The van der Waals surface area contributed by atoms with Crippen molar-refractivity contribution in [2.24, 2.45) is 0 Å². The summed E-state index contributed by atoms with van der Waals surface area (Å²) in [5.41, 5.74) is 0. The molecule has 3 rings (SSSR count). The molecule has 2 aliphatic rings. The Labute approximate surface area is 125 Å². The van der Waals surface area contributed by atoms with Gasteiger partial charge in [0, 0.05) is 38.0 Å². The third kappa shape index (κ3) is 3.26. The Bertz CT molecular complexity index is 492. The minimum absolute atomic E-state index is 0.300. The van der Waals surface area contributed by atoms with Crippen molar-refractivity contribution in [1.82, 2.24) is 19.9 Å². The highest BCUT2D eigenvalue weighted by atomic mass is 16.5. The Kier molecular flexibility index (Phi) is 4.24. The van der Waals surface area contributed by atoms with E-state index in [1.807, 2.05) is 0 Å². The van der Waals surface area contributed by atoms with Crippen molar-refractivity contribution in [3.05, 3.63) is 11.7 Å². The lowest BCUT2D eigenvalue weighted by molar-refractivity contribution is -0.130. The van der Waals surface area contributed by atoms with Gasteiger partial charge >= 0.3 is 0 Å². The summed E-state index contributed by atoms with van der Waals surface area (Å²) >= 11 is 0. The molecule has 1 aromatic heterocycles. The van der Waals surface area contributed by atoms with Crippen LogP contribution in [0.15, 0.2) is 4.52 Å². The fraction of sp³-hybridized carbons (Fsp3) is 0.800. The third-order valence-corrected chi connectivity index (χ3v) is 4.47. The van der Waals surface area contributed by atoms with Gasteiger partial charge in [-0.25, -0.2) is 0 Å². The average Bonchev–Trinajstić information content (AvgIpc) is 3.09. The number of nitrogens with zero attached hydrogens (tertiary/aromatic N) is 4. The molecule has 6 nitrogen and oxygen atoms in total. The first-order valence-electron chi connectivity index (χ1n) is 7.98. The Morgan fingerprint density at radius 1 is 1.29 bits per heavy atom. The summed E-state index contributed by atoms with van der Waals surface area (Å²) in [7, 11) is 0. The van der Waals surface area contributed by atoms with Gasteiger partial charge in [-0.15, -0.1) is 0 Å². The monoisotopic (exact) mass is 292 g/mol. The number of aromatic nitrogens is 2. The summed E-state index contributed by atoms with van der Waals surface area (Å²) in [6.07, 6.45) is 3.87. The van der Waals surface area contributed by atoms with E-state index in [1.54, 1.807) is 0 Å². The molecule has 21 heavy (non-hydrogen) atoms. The Balaban J connectivity index is 1.50. The number of piperidine rings is 1. The first-order chi connectivity index (χ1) is 10.1. The van der Waals surface area contributed by atoms with Crippen LogP contribution in [0.4, 0.5) is 0 Å². The molecule has 116 valence electrons. The van der Waals surface area contributed by atoms with E-state index in [9.17, 15) is 4.79 Å². The van der Waals surface area contributed by atoms with Crippen molar-refractivity contribution < 1.29 is 9.32 Å². The highest BCUT2D eigenvalue weighted by Crippen LogP contribution is 2.23. The molecule has 2 aliphatic heterocycles. The molecule has 1 amide bonds. The summed E-state index contributed by atoms with van der Waals surface area (Å²) < 4.78 is 5.31. The maximum atomic E-state index is 11.8. The SMILES string of the molecule is CC(C)c1noc(CN2CCC(N3CCCC3=O)CC2)n1. The van der Waals surface area contributed by atoms with Crippen LogP contribution in [-0.2, 0) is 11.3 Å². The van der Waals surface area contributed by atoms with Crippen molar-refractivity contribution in [3.8, 4) is 0 Å². The molecule has 2 saturated heterocycles.